The van der Waals surface area contributed by atoms with Crippen molar-refractivity contribution < 1.29 is 4.42 Å². The van der Waals surface area contributed by atoms with Gasteiger partial charge in [0, 0.05) is 18.3 Å². The molecule has 0 unspecified atom stereocenters. The highest BCUT2D eigenvalue weighted by atomic mass is 16.4. The summed E-state index contributed by atoms with van der Waals surface area (Å²) in [5.74, 6) is 0.317. The zero-order valence-corrected chi connectivity index (χ0v) is 22.7. The molecule has 3 aromatic carbocycles. The molecule has 41 heavy (non-hydrogen) atoms. The number of nitrogens with zero attached hydrogens (tertiary/aromatic N) is 6. The minimum Gasteiger partial charge on any atom is -0.424 e. The van der Waals surface area contributed by atoms with Gasteiger partial charge in [0.2, 0.25) is 0 Å². The molecule has 7 rings (SSSR count). The van der Waals surface area contributed by atoms with Gasteiger partial charge in [-0.1, -0.05) is 36.4 Å². The van der Waals surface area contributed by atoms with E-state index in [9.17, 15) is 4.79 Å². The minimum absolute atomic E-state index is 0.0763. The first-order valence-electron chi connectivity index (χ1n) is 13.2. The molecule has 4 heterocycles. The van der Waals surface area contributed by atoms with Crippen LogP contribution >= 0.6 is 0 Å². The third-order valence-corrected chi connectivity index (χ3v) is 7.43. The Balaban J connectivity index is 1.46. The molecule has 0 spiro atoms. The fourth-order valence-electron chi connectivity index (χ4n) is 5.46. The van der Waals surface area contributed by atoms with Crippen LogP contribution in [0.15, 0.2) is 82.3 Å². The molecule has 0 saturated carbocycles. The smallest absolute Gasteiger partial charge is 0.295 e. The van der Waals surface area contributed by atoms with E-state index in [1.54, 1.807) is 16.3 Å². The van der Waals surface area contributed by atoms with Crippen molar-refractivity contribution in [1.82, 2.24) is 29.3 Å². The van der Waals surface area contributed by atoms with Crippen molar-refractivity contribution >= 4 is 44.7 Å². The topological polar surface area (TPSA) is 130 Å². The Kier molecular flexibility index (Phi) is 5.56. The van der Waals surface area contributed by atoms with Crippen LogP contribution in [0.1, 0.15) is 16.8 Å². The van der Waals surface area contributed by atoms with Crippen molar-refractivity contribution in [1.29, 1.82) is 0 Å². The number of nitrogens with one attached hydrogen (secondary N) is 1. The number of aryl methyl sites for hydroxylation is 2. The minimum atomic E-state index is -0.0763. The quantitative estimate of drug-likeness (QED) is 0.303. The molecule has 0 amide bonds. The van der Waals surface area contributed by atoms with Gasteiger partial charge in [0.15, 0.2) is 11.2 Å². The molecule has 3 N–H and O–H groups in total. The number of para-hydroxylation sites is 1. The third kappa shape index (κ3) is 3.91. The van der Waals surface area contributed by atoms with Crippen LogP contribution in [0.5, 0.6) is 0 Å². The van der Waals surface area contributed by atoms with Crippen LogP contribution in [0.4, 0.5) is 11.8 Å². The monoisotopic (exact) mass is 542 g/mol. The van der Waals surface area contributed by atoms with Crippen LogP contribution in [0.25, 0.3) is 49.9 Å². The summed E-state index contributed by atoms with van der Waals surface area (Å²) in [5, 5.41) is 10.1. The van der Waals surface area contributed by atoms with Crippen LogP contribution in [0.2, 0.25) is 0 Å². The molecule has 0 radical (unpaired) electrons. The summed E-state index contributed by atoms with van der Waals surface area (Å²) in [4.78, 5) is 27.4. The highest BCUT2D eigenvalue weighted by Crippen LogP contribution is 2.33. The normalized spacial score (nSPS) is 11.6. The molecule has 202 valence electrons. The van der Waals surface area contributed by atoms with E-state index in [1.807, 2.05) is 74.5 Å². The molecule has 0 fully saturated rings. The maximum absolute atomic E-state index is 14.1. The van der Waals surface area contributed by atoms with E-state index in [4.69, 9.17) is 15.2 Å². The maximum atomic E-state index is 14.1. The van der Waals surface area contributed by atoms with E-state index in [0.717, 1.165) is 33.5 Å². The number of fused-ring (bicyclic) bond motifs is 3. The number of nitrogen functional groups attached to an aromatic ring is 1. The fraction of sp³-hybridized carbons (Fsp3) is 0.129. The fourth-order valence-corrected chi connectivity index (χ4v) is 5.46. The Morgan fingerprint density at radius 2 is 1.78 bits per heavy atom. The molecule has 10 nitrogen and oxygen atoms in total. The summed E-state index contributed by atoms with van der Waals surface area (Å²) in [6.45, 7) is 4.24. The van der Waals surface area contributed by atoms with Gasteiger partial charge in [-0.15, -0.1) is 0 Å². The summed E-state index contributed by atoms with van der Waals surface area (Å²) in [7, 11) is 1.75. The Bertz CT molecular complexity index is 2190. The molecule has 0 aliphatic rings. The highest BCUT2D eigenvalue weighted by Gasteiger charge is 2.21. The molecule has 0 saturated heterocycles. The van der Waals surface area contributed by atoms with Crippen molar-refractivity contribution in [2.75, 3.05) is 18.1 Å². The number of oxazole rings is 1. The Labute approximate surface area is 234 Å². The standard InChI is InChI=1S/C31H26N8O2/c1-17-7-4-5-10-23(17)39-21(13-19-9-6-8-18(2)25(19)30(39)40)15-38-29-26(28(32)34-16-35-29)27(37-38)20-11-12-24-22(14-20)36-31(33-3)41-24/h4-14,16H,15H2,1-3H3,(H,33,36)(H2,32,34,35). The lowest BCUT2D eigenvalue weighted by Gasteiger charge is -2.17. The number of pyridine rings is 1. The Hall–Kier alpha value is -5.51. The van der Waals surface area contributed by atoms with Gasteiger partial charge in [-0.3, -0.25) is 9.36 Å². The van der Waals surface area contributed by atoms with Gasteiger partial charge in [-0.05, 0) is 60.7 Å². The predicted molar refractivity (Wildman–Crippen MR) is 160 cm³/mol. The predicted octanol–water partition coefficient (Wildman–Crippen LogP) is 5.23. The summed E-state index contributed by atoms with van der Waals surface area (Å²) in [6, 6.07) is 21.9. The average Bonchev–Trinajstić information content (AvgIpc) is 3.55. The van der Waals surface area contributed by atoms with Crippen LogP contribution in [-0.2, 0) is 6.54 Å². The van der Waals surface area contributed by atoms with Crippen molar-refractivity contribution in [2.24, 2.45) is 0 Å². The maximum Gasteiger partial charge on any atom is 0.295 e. The van der Waals surface area contributed by atoms with Gasteiger partial charge in [0.1, 0.15) is 23.4 Å². The number of rotatable bonds is 5. The van der Waals surface area contributed by atoms with Gasteiger partial charge in [0.05, 0.1) is 23.0 Å². The lowest BCUT2D eigenvalue weighted by Crippen LogP contribution is -2.25. The molecule has 0 aliphatic heterocycles. The number of benzene rings is 3. The van der Waals surface area contributed by atoms with Crippen LogP contribution < -0.4 is 16.6 Å². The van der Waals surface area contributed by atoms with Crippen LogP contribution in [-0.4, -0.2) is 36.3 Å². The lowest BCUT2D eigenvalue weighted by atomic mass is 10.1. The van der Waals surface area contributed by atoms with Gasteiger partial charge in [-0.25, -0.2) is 14.6 Å². The van der Waals surface area contributed by atoms with E-state index in [1.165, 1.54) is 6.33 Å². The Morgan fingerprint density at radius 3 is 2.61 bits per heavy atom. The molecule has 4 aromatic heterocycles. The molecular formula is C31H26N8O2. The van der Waals surface area contributed by atoms with Crippen LogP contribution in [0.3, 0.4) is 0 Å². The molecule has 7 aromatic rings. The van der Waals surface area contributed by atoms with E-state index in [2.05, 4.69) is 26.3 Å². The molecular weight excluding hydrogens is 516 g/mol. The number of nitrogens with two attached hydrogens (primary N) is 1. The zero-order chi connectivity index (χ0) is 28.2. The molecule has 0 atom stereocenters. The number of hydrogen-bond acceptors (Lipinski definition) is 8. The SMILES string of the molecule is CNc1nc2cc(-c3nn(Cc4cc5cccc(C)c5c(=O)n4-c4ccccc4C)c4ncnc(N)c34)ccc2o1. The van der Waals surface area contributed by atoms with Crippen LogP contribution in [0, 0.1) is 13.8 Å². The summed E-state index contributed by atoms with van der Waals surface area (Å²) in [6.07, 6.45) is 1.43. The lowest BCUT2D eigenvalue weighted by molar-refractivity contribution is 0.620. The first-order chi connectivity index (χ1) is 19.9. The third-order valence-electron chi connectivity index (χ3n) is 7.43. The Morgan fingerprint density at radius 1 is 0.951 bits per heavy atom. The van der Waals surface area contributed by atoms with E-state index in [0.29, 0.717) is 45.0 Å². The summed E-state index contributed by atoms with van der Waals surface area (Å²) >= 11 is 0. The van der Waals surface area contributed by atoms with Gasteiger partial charge in [-0.2, -0.15) is 10.1 Å². The second kappa shape index (κ2) is 9.30. The van der Waals surface area contributed by atoms with Crippen molar-refractivity contribution in [3.05, 3.63) is 100 Å². The van der Waals surface area contributed by atoms with Gasteiger partial charge in [0.25, 0.3) is 11.6 Å². The first-order valence-corrected chi connectivity index (χ1v) is 13.2. The first kappa shape index (κ1) is 24.5. The number of hydrogen-bond donors (Lipinski definition) is 2. The highest BCUT2D eigenvalue weighted by molar-refractivity contribution is 5.99. The molecule has 0 aliphatic carbocycles. The largest absolute Gasteiger partial charge is 0.424 e. The molecule has 0 bridgehead atoms. The second-order valence-corrected chi connectivity index (χ2v) is 10.0. The van der Waals surface area contributed by atoms with Gasteiger partial charge < -0.3 is 15.5 Å². The number of anilines is 2. The second-order valence-electron chi connectivity index (χ2n) is 10.0. The number of aromatic nitrogens is 6. The zero-order valence-electron chi connectivity index (χ0n) is 22.7. The van der Waals surface area contributed by atoms with Crippen molar-refractivity contribution in [3.63, 3.8) is 0 Å². The van der Waals surface area contributed by atoms with E-state index >= 15 is 0 Å². The summed E-state index contributed by atoms with van der Waals surface area (Å²) in [5.41, 5.74) is 13.1. The van der Waals surface area contributed by atoms with Crippen molar-refractivity contribution in [2.45, 2.75) is 20.4 Å². The van der Waals surface area contributed by atoms with Gasteiger partial charge >= 0.3 is 0 Å². The molecule has 10 heteroatoms. The van der Waals surface area contributed by atoms with E-state index in [-0.39, 0.29) is 12.1 Å². The van der Waals surface area contributed by atoms with E-state index < -0.39 is 0 Å². The summed E-state index contributed by atoms with van der Waals surface area (Å²) < 4.78 is 9.25. The van der Waals surface area contributed by atoms with Crippen molar-refractivity contribution in [3.8, 4) is 16.9 Å². The average molecular weight is 543 g/mol.